The minimum absolute atomic E-state index is 0.0198. The van der Waals surface area contributed by atoms with Crippen LogP contribution in [-0.4, -0.2) is 57.9 Å². The van der Waals surface area contributed by atoms with Gasteiger partial charge in [-0.1, -0.05) is 17.3 Å². The lowest BCUT2D eigenvalue weighted by molar-refractivity contribution is -0.129. The molecule has 30 heavy (non-hydrogen) atoms. The molecule has 2 aromatic heterocycles. The summed E-state index contributed by atoms with van der Waals surface area (Å²) < 4.78 is 12.2. The highest BCUT2D eigenvalue weighted by molar-refractivity contribution is 5.91. The van der Waals surface area contributed by atoms with E-state index in [-0.39, 0.29) is 24.7 Å². The molecule has 2 heterocycles. The van der Waals surface area contributed by atoms with Gasteiger partial charge in [-0.25, -0.2) is 9.67 Å². The van der Waals surface area contributed by atoms with Gasteiger partial charge in [-0.3, -0.25) is 9.59 Å². The van der Waals surface area contributed by atoms with Crippen molar-refractivity contribution in [2.24, 2.45) is 0 Å². The standard InChI is InChI=1S/C20H22N6O4/c1-25(2)19(27)13-26-12-17(23-24-26)20(28)22-11-14-7-8-18(21-10-14)30-16-6-4-5-15(9-16)29-3/h4-10,12H,11,13H2,1-3H3,(H,22,28). The Bertz CT molecular complexity index is 1020. The van der Waals surface area contributed by atoms with E-state index < -0.39 is 5.91 Å². The maximum atomic E-state index is 12.2. The summed E-state index contributed by atoms with van der Waals surface area (Å²) in [6.45, 7) is 0.278. The van der Waals surface area contributed by atoms with Gasteiger partial charge in [0.25, 0.3) is 5.91 Å². The first-order valence-electron chi connectivity index (χ1n) is 9.10. The van der Waals surface area contributed by atoms with E-state index in [9.17, 15) is 9.59 Å². The van der Waals surface area contributed by atoms with Crippen LogP contribution in [0.1, 0.15) is 16.1 Å². The molecule has 0 saturated carbocycles. The van der Waals surface area contributed by atoms with E-state index >= 15 is 0 Å². The van der Waals surface area contributed by atoms with Crippen molar-refractivity contribution in [2.45, 2.75) is 13.1 Å². The zero-order valence-electron chi connectivity index (χ0n) is 16.9. The first kappa shape index (κ1) is 20.8. The highest BCUT2D eigenvalue weighted by atomic mass is 16.5. The fourth-order valence-electron chi connectivity index (χ4n) is 2.39. The summed E-state index contributed by atoms with van der Waals surface area (Å²) in [6, 6.07) is 10.7. The van der Waals surface area contributed by atoms with Gasteiger partial charge in [0.15, 0.2) is 5.69 Å². The fraction of sp³-hybridized carbons (Fsp3) is 0.250. The second kappa shape index (κ2) is 9.50. The summed E-state index contributed by atoms with van der Waals surface area (Å²) in [7, 11) is 4.88. The van der Waals surface area contributed by atoms with Crippen LogP contribution in [0.3, 0.4) is 0 Å². The first-order valence-corrected chi connectivity index (χ1v) is 9.10. The molecule has 0 fully saturated rings. The Hall–Kier alpha value is -3.95. The highest BCUT2D eigenvalue weighted by Crippen LogP contribution is 2.23. The number of methoxy groups -OCH3 is 1. The molecule has 0 aliphatic rings. The molecule has 3 rings (SSSR count). The average Bonchev–Trinajstić information content (AvgIpc) is 3.21. The monoisotopic (exact) mass is 410 g/mol. The number of hydrogen-bond acceptors (Lipinski definition) is 7. The van der Waals surface area contributed by atoms with E-state index in [0.29, 0.717) is 17.4 Å². The molecule has 1 N–H and O–H groups in total. The molecular formula is C20H22N6O4. The minimum atomic E-state index is -0.393. The van der Waals surface area contributed by atoms with Crippen molar-refractivity contribution >= 4 is 11.8 Å². The third kappa shape index (κ3) is 5.53. The van der Waals surface area contributed by atoms with Crippen molar-refractivity contribution in [3.8, 4) is 17.4 Å². The first-order chi connectivity index (χ1) is 14.4. The van der Waals surface area contributed by atoms with E-state index in [0.717, 1.165) is 5.56 Å². The number of nitrogens with zero attached hydrogens (tertiary/aromatic N) is 5. The topological polar surface area (TPSA) is 111 Å². The third-order valence-corrected chi connectivity index (χ3v) is 4.08. The number of rotatable bonds is 8. The Labute approximate surface area is 173 Å². The number of benzene rings is 1. The molecule has 2 amide bonds. The van der Waals surface area contributed by atoms with Crippen LogP contribution in [0.15, 0.2) is 48.8 Å². The number of carbonyl (C=O) groups is 2. The molecule has 3 aromatic rings. The van der Waals surface area contributed by atoms with Crippen molar-refractivity contribution in [3.05, 3.63) is 60.0 Å². The normalized spacial score (nSPS) is 10.4. The van der Waals surface area contributed by atoms with Gasteiger partial charge in [0.2, 0.25) is 11.8 Å². The minimum Gasteiger partial charge on any atom is -0.497 e. The summed E-state index contributed by atoms with van der Waals surface area (Å²) in [4.78, 5) is 29.6. The van der Waals surface area contributed by atoms with Crippen LogP contribution in [0.25, 0.3) is 0 Å². The van der Waals surface area contributed by atoms with Gasteiger partial charge in [0, 0.05) is 39.0 Å². The van der Waals surface area contributed by atoms with Gasteiger partial charge in [-0.05, 0) is 17.7 Å². The third-order valence-electron chi connectivity index (χ3n) is 4.08. The lowest BCUT2D eigenvalue weighted by Gasteiger charge is -2.08. The van der Waals surface area contributed by atoms with Crippen LogP contribution in [0.4, 0.5) is 0 Å². The predicted octanol–water partition coefficient (Wildman–Crippen LogP) is 1.49. The maximum Gasteiger partial charge on any atom is 0.273 e. The van der Waals surface area contributed by atoms with Crippen LogP contribution in [0, 0.1) is 0 Å². The van der Waals surface area contributed by atoms with Crippen molar-refractivity contribution in [2.75, 3.05) is 21.2 Å². The van der Waals surface area contributed by atoms with E-state index in [1.807, 2.05) is 12.1 Å². The lowest BCUT2D eigenvalue weighted by atomic mass is 10.3. The highest BCUT2D eigenvalue weighted by Gasteiger charge is 2.13. The number of nitrogens with one attached hydrogen (secondary N) is 1. The zero-order chi connectivity index (χ0) is 21.5. The summed E-state index contributed by atoms with van der Waals surface area (Å²) >= 11 is 0. The van der Waals surface area contributed by atoms with Crippen molar-refractivity contribution in [1.82, 2.24) is 30.2 Å². The molecule has 0 atom stereocenters. The molecule has 0 aliphatic heterocycles. The average molecular weight is 410 g/mol. The molecular weight excluding hydrogens is 388 g/mol. The molecule has 0 saturated heterocycles. The van der Waals surface area contributed by atoms with Gasteiger partial charge >= 0.3 is 0 Å². The molecule has 0 spiro atoms. The molecule has 0 bridgehead atoms. The molecule has 1 aromatic carbocycles. The van der Waals surface area contributed by atoms with Crippen molar-refractivity contribution in [1.29, 1.82) is 0 Å². The van der Waals surface area contributed by atoms with Crippen molar-refractivity contribution < 1.29 is 19.1 Å². The maximum absolute atomic E-state index is 12.2. The van der Waals surface area contributed by atoms with Gasteiger partial charge < -0.3 is 19.7 Å². The Balaban J connectivity index is 1.53. The Kier molecular flexibility index (Phi) is 6.58. The number of carbonyl (C=O) groups excluding carboxylic acids is 2. The predicted molar refractivity (Wildman–Crippen MR) is 107 cm³/mol. The summed E-state index contributed by atoms with van der Waals surface area (Å²) in [6.07, 6.45) is 3.04. The smallest absolute Gasteiger partial charge is 0.273 e. The number of aromatic nitrogens is 4. The van der Waals surface area contributed by atoms with Crippen molar-refractivity contribution in [3.63, 3.8) is 0 Å². The summed E-state index contributed by atoms with van der Waals surface area (Å²) in [5.41, 5.74) is 0.920. The second-order valence-corrected chi connectivity index (χ2v) is 6.56. The SMILES string of the molecule is COc1cccc(Oc2ccc(CNC(=O)c3cn(CC(=O)N(C)C)nn3)cn2)c1. The summed E-state index contributed by atoms with van der Waals surface area (Å²) in [5.74, 6) is 1.19. The van der Waals surface area contributed by atoms with E-state index in [1.165, 1.54) is 15.8 Å². The Morgan fingerprint density at radius 3 is 2.67 bits per heavy atom. The van der Waals surface area contributed by atoms with Gasteiger partial charge in [-0.15, -0.1) is 5.10 Å². The van der Waals surface area contributed by atoms with Crippen LogP contribution >= 0.6 is 0 Å². The Morgan fingerprint density at radius 2 is 1.97 bits per heavy atom. The molecule has 156 valence electrons. The van der Waals surface area contributed by atoms with Crippen LogP contribution in [0.2, 0.25) is 0 Å². The quantitative estimate of drug-likeness (QED) is 0.599. The summed E-state index contributed by atoms with van der Waals surface area (Å²) in [5, 5.41) is 10.3. The van der Waals surface area contributed by atoms with Gasteiger partial charge in [-0.2, -0.15) is 0 Å². The molecule has 0 aliphatic carbocycles. The fourth-order valence-corrected chi connectivity index (χ4v) is 2.39. The van der Waals surface area contributed by atoms with Gasteiger partial charge in [0.1, 0.15) is 18.0 Å². The van der Waals surface area contributed by atoms with Crippen LogP contribution in [-0.2, 0) is 17.9 Å². The largest absolute Gasteiger partial charge is 0.497 e. The van der Waals surface area contributed by atoms with E-state index in [2.05, 4.69) is 20.6 Å². The zero-order valence-corrected chi connectivity index (χ0v) is 16.9. The molecule has 10 nitrogen and oxygen atoms in total. The molecule has 0 radical (unpaired) electrons. The number of amides is 2. The number of likely N-dealkylation sites (N-methyl/N-ethyl adjacent to an activating group) is 1. The molecule has 0 unspecified atom stereocenters. The second-order valence-electron chi connectivity index (χ2n) is 6.56. The lowest BCUT2D eigenvalue weighted by Crippen LogP contribution is -2.26. The van der Waals surface area contributed by atoms with E-state index in [1.54, 1.807) is 51.7 Å². The number of hydrogen-bond donors (Lipinski definition) is 1. The van der Waals surface area contributed by atoms with Crippen LogP contribution < -0.4 is 14.8 Å². The molecule has 10 heteroatoms. The van der Waals surface area contributed by atoms with Gasteiger partial charge in [0.05, 0.1) is 13.3 Å². The number of pyridine rings is 1. The van der Waals surface area contributed by atoms with Crippen LogP contribution in [0.5, 0.6) is 17.4 Å². The number of ether oxygens (including phenoxy) is 2. The van der Waals surface area contributed by atoms with E-state index in [4.69, 9.17) is 9.47 Å². The Morgan fingerprint density at radius 1 is 1.17 bits per heavy atom.